The average molecular weight is 421 g/mol. The highest BCUT2D eigenvalue weighted by atomic mass is 19.1. The van der Waals surface area contributed by atoms with Crippen molar-refractivity contribution in [3.05, 3.63) is 78.6 Å². The summed E-state index contributed by atoms with van der Waals surface area (Å²) >= 11 is 0. The van der Waals surface area contributed by atoms with Crippen molar-refractivity contribution < 1.29 is 4.39 Å². The van der Waals surface area contributed by atoms with E-state index in [1.807, 2.05) is 19.1 Å². The second kappa shape index (κ2) is 7.05. The lowest BCUT2D eigenvalue weighted by molar-refractivity contribution is 0.631. The van der Waals surface area contributed by atoms with Crippen molar-refractivity contribution >= 4 is 22.1 Å². The lowest BCUT2D eigenvalue weighted by Gasteiger charge is -2.04. The number of aromatic nitrogens is 7. The molecular formula is C24H16FN7. The summed E-state index contributed by atoms with van der Waals surface area (Å²) in [6, 6.07) is 12.3. The molecule has 1 aromatic carbocycles. The normalized spacial score (nSPS) is 11.4. The third-order valence-corrected chi connectivity index (χ3v) is 5.54. The van der Waals surface area contributed by atoms with E-state index in [0.717, 1.165) is 27.7 Å². The standard InChI is InChI=1S/C24H16FN7/c1-13-6-8-26-11-17(13)19-10-16-20(12-28-19)31-32-22(16)24-29-21-15(7-9-27-23(21)30-24)14-4-2-3-5-18(14)25/h2-12H,1H3,(H,31,32)(H,27,29,30). The zero-order chi connectivity index (χ0) is 21.7. The van der Waals surface area contributed by atoms with Gasteiger partial charge in [0.15, 0.2) is 11.5 Å². The summed E-state index contributed by atoms with van der Waals surface area (Å²) in [5, 5.41) is 8.34. The molecule has 0 saturated carbocycles. The lowest BCUT2D eigenvalue weighted by Crippen LogP contribution is -1.89. The predicted octanol–water partition coefficient (Wildman–Crippen LogP) is 5.07. The summed E-state index contributed by atoms with van der Waals surface area (Å²) in [6.45, 7) is 2.02. The summed E-state index contributed by atoms with van der Waals surface area (Å²) in [4.78, 5) is 21.1. The first-order valence-electron chi connectivity index (χ1n) is 10.0. The number of hydrogen-bond donors (Lipinski definition) is 2. The zero-order valence-corrected chi connectivity index (χ0v) is 17.0. The maximum absolute atomic E-state index is 14.4. The molecule has 32 heavy (non-hydrogen) atoms. The molecule has 5 aromatic heterocycles. The Hall–Kier alpha value is -4.46. The van der Waals surface area contributed by atoms with Gasteiger partial charge in [0, 0.05) is 40.7 Å². The van der Waals surface area contributed by atoms with E-state index in [9.17, 15) is 4.39 Å². The van der Waals surface area contributed by atoms with Crippen molar-refractivity contribution in [3.8, 4) is 33.9 Å². The van der Waals surface area contributed by atoms with Crippen LogP contribution in [-0.4, -0.2) is 35.1 Å². The van der Waals surface area contributed by atoms with Crippen molar-refractivity contribution in [2.24, 2.45) is 0 Å². The highest BCUT2D eigenvalue weighted by Crippen LogP contribution is 2.32. The van der Waals surface area contributed by atoms with E-state index in [2.05, 4.69) is 35.1 Å². The summed E-state index contributed by atoms with van der Waals surface area (Å²) in [5.41, 5.74) is 6.59. The smallest absolute Gasteiger partial charge is 0.178 e. The fraction of sp³-hybridized carbons (Fsp3) is 0.0417. The molecule has 0 radical (unpaired) electrons. The van der Waals surface area contributed by atoms with E-state index in [1.165, 1.54) is 6.07 Å². The van der Waals surface area contributed by atoms with Crippen molar-refractivity contribution in [1.29, 1.82) is 0 Å². The zero-order valence-electron chi connectivity index (χ0n) is 17.0. The first-order chi connectivity index (χ1) is 15.7. The lowest BCUT2D eigenvalue weighted by atomic mass is 10.1. The van der Waals surface area contributed by atoms with Crippen molar-refractivity contribution in [2.75, 3.05) is 0 Å². The highest BCUT2D eigenvalue weighted by Gasteiger charge is 2.18. The predicted molar refractivity (Wildman–Crippen MR) is 120 cm³/mol. The first-order valence-corrected chi connectivity index (χ1v) is 10.0. The van der Waals surface area contributed by atoms with Crippen molar-refractivity contribution in [1.82, 2.24) is 35.1 Å². The molecule has 2 N–H and O–H groups in total. The van der Waals surface area contributed by atoms with Crippen LogP contribution in [0.4, 0.5) is 4.39 Å². The fourth-order valence-electron chi connectivity index (χ4n) is 3.90. The van der Waals surface area contributed by atoms with E-state index in [-0.39, 0.29) is 5.82 Å². The number of aryl methyl sites for hydroxylation is 1. The molecule has 7 nitrogen and oxygen atoms in total. The van der Waals surface area contributed by atoms with Crippen LogP contribution in [0.2, 0.25) is 0 Å². The van der Waals surface area contributed by atoms with Crippen LogP contribution in [0.3, 0.4) is 0 Å². The van der Waals surface area contributed by atoms with Gasteiger partial charge >= 0.3 is 0 Å². The average Bonchev–Trinajstić information content (AvgIpc) is 3.43. The van der Waals surface area contributed by atoms with Gasteiger partial charge < -0.3 is 4.98 Å². The molecular weight excluding hydrogens is 405 g/mol. The molecule has 0 unspecified atom stereocenters. The monoisotopic (exact) mass is 421 g/mol. The molecule has 6 aromatic rings. The number of nitrogens with zero attached hydrogens (tertiary/aromatic N) is 5. The number of hydrogen-bond acceptors (Lipinski definition) is 5. The van der Waals surface area contributed by atoms with Gasteiger partial charge in [-0.15, -0.1) is 0 Å². The highest BCUT2D eigenvalue weighted by molar-refractivity contribution is 5.96. The summed E-state index contributed by atoms with van der Waals surface area (Å²) < 4.78 is 14.4. The second-order valence-corrected chi connectivity index (χ2v) is 7.50. The number of benzene rings is 1. The van der Waals surface area contributed by atoms with E-state index >= 15 is 0 Å². The van der Waals surface area contributed by atoms with E-state index in [0.29, 0.717) is 33.8 Å². The maximum Gasteiger partial charge on any atom is 0.178 e. The Balaban J connectivity index is 1.53. The van der Waals surface area contributed by atoms with Gasteiger partial charge in [-0.2, -0.15) is 5.10 Å². The third-order valence-electron chi connectivity index (χ3n) is 5.54. The minimum Gasteiger partial charge on any atom is -0.335 e. The molecule has 5 heterocycles. The number of H-pyrrole nitrogens is 2. The Labute approximate surface area is 181 Å². The van der Waals surface area contributed by atoms with Gasteiger partial charge in [0.05, 0.1) is 22.9 Å². The molecule has 0 fully saturated rings. The second-order valence-electron chi connectivity index (χ2n) is 7.50. The summed E-state index contributed by atoms with van der Waals surface area (Å²) in [7, 11) is 0. The van der Waals surface area contributed by atoms with E-state index < -0.39 is 0 Å². The van der Waals surface area contributed by atoms with Crippen LogP contribution in [-0.2, 0) is 0 Å². The molecule has 0 spiro atoms. The Morgan fingerprint density at radius 3 is 2.69 bits per heavy atom. The Bertz CT molecular complexity index is 1620. The third kappa shape index (κ3) is 2.84. The van der Waals surface area contributed by atoms with Crippen LogP contribution < -0.4 is 0 Å². The van der Waals surface area contributed by atoms with E-state index in [1.54, 1.807) is 49.1 Å². The van der Waals surface area contributed by atoms with Gasteiger partial charge in [-0.05, 0) is 36.8 Å². The number of nitrogens with one attached hydrogen (secondary N) is 2. The largest absolute Gasteiger partial charge is 0.335 e. The van der Waals surface area contributed by atoms with Gasteiger partial charge in [-0.3, -0.25) is 15.1 Å². The molecule has 154 valence electrons. The minimum atomic E-state index is -0.302. The maximum atomic E-state index is 14.4. The number of pyridine rings is 3. The Kier molecular flexibility index (Phi) is 4.04. The van der Waals surface area contributed by atoms with Crippen LogP contribution in [0.5, 0.6) is 0 Å². The van der Waals surface area contributed by atoms with Gasteiger partial charge in [-0.25, -0.2) is 14.4 Å². The Morgan fingerprint density at radius 2 is 1.81 bits per heavy atom. The van der Waals surface area contributed by atoms with Crippen LogP contribution >= 0.6 is 0 Å². The quantitative estimate of drug-likeness (QED) is 0.416. The summed E-state index contributed by atoms with van der Waals surface area (Å²) in [6.07, 6.45) is 6.94. The number of imidazole rings is 1. The topological polar surface area (TPSA) is 96.0 Å². The van der Waals surface area contributed by atoms with Gasteiger partial charge in [0.1, 0.15) is 11.5 Å². The SMILES string of the molecule is Cc1ccncc1-c1cc2c(-c3nc4nccc(-c5ccccc5F)c4[nH]3)n[nH]c2cn1. The van der Waals surface area contributed by atoms with Crippen LogP contribution in [0.25, 0.3) is 56.0 Å². The molecule has 0 amide bonds. The molecule has 0 bridgehead atoms. The van der Waals surface area contributed by atoms with Gasteiger partial charge in [-0.1, -0.05) is 18.2 Å². The molecule has 6 rings (SSSR count). The molecule has 0 aliphatic heterocycles. The number of halogens is 1. The number of fused-ring (bicyclic) bond motifs is 2. The van der Waals surface area contributed by atoms with E-state index in [4.69, 9.17) is 0 Å². The molecule has 0 atom stereocenters. The number of rotatable bonds is 3. The van der Waals surface area contributed by atoms with Crippen molar-refractivity contribution in [3.63, 3.8) is 0 Å². The number of aromatic amines is 2. The minimum absolute atomic E-state index is 0.302. The van der Waals surface area contributed by atoms with Crippen LogP contribution in [0.15, 0.2) is 67.3 Å². The summed E-state index contributed by atoms with van der Waals surface area (Å²) in [5.74, 6) is 0.242. The van der Waals surface area contributed by atoms with Crippen molar-refractivity contribution in [2.45, 2.75) is 6.92 Å². The fourth-order valence-corrected chi connectivity index (χ4v) is 3.90. The first kappa shape index (κ1) is 18.3. The van der Waals surface area contributed by atoms with Crippen LogP contribution in [0.1, 0.15) is 5.56 Å². The molecule has 0 aliphatic rings. The van der Waals surface area contributed by atoms with Gasteiger partial charge in [0.25, 0.3) is 0 Å². The molecule has 8 heteroatoms. The van der Waals surface area contributed by atoms with Gasteiger partial charge in [0.2, 0.25) is 0 Å². The molecule has 0 saturated heterocycles. The molecule has 0 aliphatic carbocycles. The Morgan fingerprint density at radius 1 is 0.906 bits per heavy atom. The van der Waals surface area contributed by atoms with Crippen LogP contribution in [0, 0.1) is 12.7 Å².